The van der Waals surface area contributed by atoms with Crippen LogP contribution in [-0.2, 0) is 13.0 Å². The molecule has 26 heavy (non-hydrogen) atoms. The maximum atomic E-state index is 11.5. The van der Waals surface area contributed by atoms with E-state index in [1.165, 1.54) is 23.1 Å². The highest BCUT2D eigenvalue weighted by Gasteiger charge is 2.24. The molecule has 3 heterocycles. The molecule has 0 spiro atoms. The van der Waals surface area contributed by atoms with Gasteiger partial charge in [0.05, 0.1) is 12.0 Å². The number of fused-ring (bicyclic) bond motifs is 1. The van der Waals surface area contributed by atoms with Gasteiger partial charge in [0.2, 0.25) is 0 Å². The van der Waals surface area contributed by atoms with Crippen molar-refractivity contribution >= 4 is 5.69 Å². The predicted molar refractivity (Wildman–Crippen MR) is 105 cm³/mol. The Morgan fingerprint density at radius 1 is 1.19 bits per heavy atom. The number of nitrogens with zero attached hydrogens (tertiary/aromatic N) is 3. The minimum absolute atomic E-state index is 0.0500. The van der Waals surface area contributed by atoms with E-state index < -0.39 is 0 Å². The lowest BCUT2D eigenvalue weighted by Gasteiger charge is -2.31. The quantitative estimate of drug-likeness (QED) is 0.919. The highest BCUT2D eigenvalue weighted by atomic mass is 16.1. The summed E-state index contributed by atoms with van der Waals surface area (Å²) in [6.07, 6.45) is 4.83. The van der Waals surface area contributed by atoms with Crippen molar-refractivity contribution in [1.82, 2.24) is 14.9 Å². The molecular formula is C21H28N4O. The van der Waals surface area contributed by atoms with E-state index in [2.05, 4.69) is 51.8 Å². The number of anilines is 1. The normalized spacial score (nSPS) is 18.5. The van der Waals surface area contributed by atoms with E-state index >= 15 is 0 Å². The van der Waals surface area contributed by atoms with E-state index in [4.69, 9.17) is 0 Å². The third kappa shape index (κ3) is 3.54. The number of nitrogens with one attached hydrogen (secondary N) is 1. The van der Waals surface area contributed by atoms with Crippen molar-refractivity contribution in [3.63, 3.8) is 0 Å². The monoisotopic (exact) mass is 352 g/mol. The first-order valence-corrected chi connectivity index (χ1v) is 9.75. The molecule has 138 valence electrons. The number of rotatable bonds is 4. The molecule has 2 aliphatic heterocycles. The standard InChI is InChI=1S/C21H28N4O/c1-15(2)25-10-7-18-11-16(3-4-20(18)25)13-24-8-5-17(6-9-24)19-12-21(26)23-14-22-19/h3-4,11-12,14-15,17H,5-10,13H2,1-2H3,(H,22,23,26). The maximum Gasteiger partial charge on any atom is 0.250 e. The molecule has 1 saturated heterocycles. The van der Waals surface area contributed by atoms with E-state index in [-0.39, 0.29) is 5.56 Å². The van der Waals surface area contributed by atoms with Gasteiger partial charge in [-0.3, -0.25) is 9.69 Å². The van der Waals surface area contributed by atoms with Gasteiger partial charge in [-0.05, 0) is 63.4 Å². The molecule has 0 aliphatic carbocycles. The molecule has 1 N–H and O–H groups in total. The Bertz CT molecular complexity index is 821. The van der Waals surface area contributed by atoms with Crippen LogP contribution in [0, 0.1) is 0 Å². The number of hydrogen-bond acceptors (Lipinski definition) is 4. The van der Waals surface area contributed by atoms with E-state index in [9.17, 15) is 4.79 Å². The molecule has 2 aliphatic rings. The van der Waals surface area contributed by atoms with Crippen molar-refractivity contribution in [1.29, 1.82) is 0 Å². The number of benzene rings is 1. The first-order chi connectivity index (χ1) is 12.6. The minimum Gasteiger partial charge on any atom is -0.369 e. The Balaban J connectivity index is 1.37. The summed E-state index contributed by atoms with van der Waals surface area (Å²) < 4.78 is 0. The van der Waals surface area contributed by atoms with Gasteiger partial charge in [-0.15, -0.1) is 0 Å². The molecule has 1 aromatic heterocycles. The molecule has 5 heteroatoms. The smallest absolute Gasteiger partial charge is 0.250 e. The number of hydrogen-bond donors (Lipinski definition) is 1. The Morgan fingerprint density at radius 2 is 2.00 bits per heavy atom. The van der Waals surface area contributed by atoms with Crippen molar-refractivity contribution in [2.45, 2.75) is 51.6 Å². The summed E-state index contributed by atoms with van der Waals surface area (Å²) >= 11 is 0. The zero-order valence-corrected chi connectivity index (χ0v) is 15.7. The second kappa shape index (κ2) is 7.23. The van der Waals surface area contributed by atoms with Crippen LogP contribution in [0.2, 0.25) is 0 Å². The van der Waals surface area contributed by atoms with Gasteiger partial charge < -0.3 is 9.88 Å². The average molecular weight is 352 g/mol. The van der Waals surface area contributed by atoms with Crippen molar-refractivity contribution in [3.8, 4) is 0 Å². The molecule has 0 unspecified atom stereocenters. The van der Waals surface area contributed by atoms with Gasteiger partial charge in [0, 0.05) is 36.8 Å². The van der Waals surface area contributed by atoms with Crippen molar-refractivity contribution < 1.29 is 0 Å². The van der Waals surface area contributed by atoms with Gasteiger partial charge in [0.15, 0.2) is 0 Å². The molecule has 5 nitrogen and oxygen atoms in total. The van der Waals surface area contributed by atoms with Crippen LogP contribution in [-0.4, -0.2) is 40.5 Å². The Kier molecular flexibility index (Phi) is 4.81. The number of likely N-dealkylation sites (tertiary alicyclic amines) is 1. The molecule has 0 atom stereocenters. The van der Waals surface area contributed by atoms with E-state index in [0.29, 0.717) is 12.0 Å². The van der Waals surface area contributed by atoms with Crippen LogP contribution in [0.3, 0.4) is 0 Å². The first kappa shape index (κ1) is 17.3. The number of aromatic nitrogens is 2. The predicted octanol–water partition coefficient (Wildman–Crippen LogP) is 2.92. The Morgan fingerprint density at radius 3 is 2.73 bits per heavy atom. The molecule has 0 amide bonds. The summed E-state index contributed by atoms with van der Waals surface area (Å²) in [5, 5.41) is 0. The molecule has 2 aromatic rings. The van der Waals surface area contributed by atoms with Gasteiger partial charge in [0.1, 0.15) is 0 Å². The van der Waals surface area contributed by atoms with E-state index in [1.54, 1.807) is 6.07 Å². The zero-order chi connectivity index (χ0) is 18.1. The molecular weight excluding hydrogens is 324 g/mol. The second-order valence-corrected chi connectivity index (χ2v) is 7.89. The number of H-pyrrole nitrogens is 1. The summed E-state index contributed by atoms with van der Waals surface area (Å²) in [5.41, 5.74) is 5.23. The molecule has 0 radical (unpaired) electrons. The Hall–Kier alpha value is -2.14. The van der Waals surface area contributed by atoms with Gasteiger partial charge in [-0.1, -0.05) is 12.1 Å². The number of aromatic amines is 1. The SMILES string of the molecule is CC(C)N1CCc2cc(CN3CCC(c4cc(=O)[nH]cn4)CC3)ccc21. The third-order valence-electron chi connectivity index (χ3n) is 5.81. The molecule has 1 fully saturated rings. The van der Waals surface area contributed by atoms with Crippen molar-refractivity contribution in [3.05, 3.63) is 57.8 Å². The van der Waals surface area contributed by atoms with Gasteiger partial charge >= 0.3 is 0 Å². The van der Waals surface area contributed by atoms with E-state index in [0.717, 1.165) is 51.1 Å². The molecule has 1 aromatic carbocycles. The summed E-state index contributed by atoms with van der Waals surface area (Å²) in [4.78, 5) is 23.5. The van der Waals surface area contributed by atoms with Crippen molar-refractivity contribution in [2.75, 3.05) is 24.5 Å². The number of piperidine rings is 1. The van der Waals surface area contributed by atoms with Crippen LogP contribution in [0.25, 0.3) is 0 Å². The van der Waals surface area contributed by atoms with Crippen LogP contribution >= 0.6 is 0 Å². The minimum atomic E-state index is -0.0500. The molecule has 0 saturated carbocycles. The fourth-order valence-corrected chi connectivity index (χ4v) is 4.37. The highest BCUT2D eigenvalue weighted by Crippen LogP contribution is 2.31. The maximum absolute atomic E-state index is 11.5. The van der Waals surface area contributed by atoms with Crippen LogP contribution < -0.4 is 10.5 Å². The topological polar surface area (TPSA) is 52.2 Å². The lowest BCUT2D eigenvalue weighted by molar-refractivity contribution is 0.203. The third-order valence-corrected chi connectivity index (χ3v) is 5.81. The van der Waals surface area contributed by atoms with Crippen LogP contribution in [0.4, 0.5) is 5.69 Å². The lowest BCUT2D eigenvalue weighted by Crippen LogP contribution is -2.33. The largest absolute Gasteiger partial charge is 0.369 e. The summed E-state index contributed by atoms with van der Waals surface area (Å²) in [7, 11) is 0. The van der Waals surface area contributed by atoms with Gasteiger partial charge in [-0.25, -0.2) is 4.98 Å². The van der Waals surface area contributed by atoms with E-state index in [1.807, 2.05) is 0 Å². The van der Waals surface area contributed by atoms with Gasteiger partial charge in [-0.2, -0.15) is 0 Å². The fraction of sp³-hybridized carbons (Fsp3) is 0.524. The fourth-order valence-electron chi connectivity index (χ4n) is 4.37. The van der Waals surface area contributed by atoms with Gasteiger partial charge in [0.25, 0.3) is 5.56 Å². The molecule has 4 rings (SSSR count). The van der Waals surface area contributed by atoms with Crippen LogP contribution in [0.5, 0.6) is 0 Å². The zero-order valence-electron chi connectivity index (χ0n) is 15.7. The average Bonchev–Trinajstić information content (AvgIpc) is 3.06. The van der Waals surface area contributed by atoms with Crippen LogP contribution in [0.1, 0.15) is 49.4 Å². The second-order valence-electron chi connectivity index (χ2n) is 7.89. The Labute approximate surface area is 155 Å². The summed E-state index contributed by atoms with van der Waals surface area (Å²) in [5.74, 6) is 0.410. The highest BCUT2D eigenvalue weighted by molar-refractivity contribution is 5.59. The summed E-state index contributed by atoms with van der Waals surface area (Å²) in [6.45, 7) is 8.82. The molecule has 0 bridgehead atoms. The van der Waals surface area contributed by atoms with Crippen LogP contribution in [0.15, 0.2) is 35.4 Å². The first-order valence-electron chi connectivity index (χ1n) is 9.75. The lowest BCUT2D eigenvalue weighted by atomic mass is 9.93. The van der Waals surface area contributed by atoms with Crippen molar-refractivity contribution in [2.24, 2.45) is 0 Å². The summed E-state index contributed by atoms with van der Waals surface area (Å²) in [6, 6.07) is 9.23.